The summed E-state index contributed by atoms with van der Waals surface area (Å²) in [7, 11) is 0. The first-order chi connectivity index (χ1) is 15.7. The molecule has 0 bridgehead atoms. The standard InChI is InChI=1S/C25H38O9/c1-8-13(4)23(29)34-22-21-18(15(6)24(30)33-21)19(28)20(32-17(27)11-12(2)3)14(5)9-10-16(26)25(22,7)31/h12-14,18-22,28,31H,6,8-11H2,1-5,7H3/t13?,14-,18-,19-,20?,21+,22-,25+/m1/s1. The SMILES string of the molecule is C=C1C(=O)O[C@H]2[C@H]1[C@@H](O)C(OC(=O)CC(C)C)[C@H](C)CCC(=O)[C@](C)(O)[C@@H]2OC(=O)C(C)CC. The highest BCUT2D eigenvalue weighted by molar-refractivity contribution is 5.92. The van der Waals surface area contributed by atoms with Crippen LogP contribution in [0.1, 0.15) is 67.2 Å². The Labute approximate surface area is 200 Å². The molecule has 1 saturated carbocycles. The molecule has 2 N–H and O–H groups in total. The van der Waals surface area contributed by atoms with Crippen LogP contribution in [0.3, 0.4) is 0 Å². The van der Waals surface area contributed by atoms with Crippen LogP contribution >= 0.6 is 0 Å². The van der Waals surface area contributed by atoms with E-state index in [1.165, 1.54) is 6.92 Å². The van der Waals surface area contributed by atoms with Crippen LogP contribution in [-0.2, 0) is 33.4 Å². The number of ether oxygens (including phenoxy) is 3. The monoisotopic (exact) mass is 482 g/mol. The second-order valence-electron chi connectivity index (χ2n) is 10.2. The highest BCUT2D eigenvalue weighted by Gasteiger charge is 2.58. The van der Waals surface area contributed by atoms with Crippen molar-refractivity contribution < 1.29 is 43.6 Å². The fraction of sp³-hybridized carbons (Fsp3) is 0.760. The van der Waals surface area contributed by atoms with Gasteiger partial charge < -0.3 is 24.4 Å². The second kappa shape index (κ2) is 11.0. The first-order valence-electron chi connectivity index (χ1n) is 12.0. The zero-order chi connectivity index (χ0) is 26.0. The number of fused-ring (bicyclic) bond motifs is 1. The van der Waals surface area contributed by atoms with Crippen LogP contribution in [0.25, 0.3) is 0 Å². The Bertz CT molecular complexity index is 815. The van der Waals surface area contributed by atoms with Crippen LogP contribution in [0.4, 0.5) is 0 Å². The van der Waals surface area contributed by atoms with E-state index in [-0.39, 0.29) is 30.8 Å². The zero-order valence-corrected chi connectivity index (χ0v) is 20.9. The van der Waals surface area contributed by atoms with Gasteiger partial charge in [-0.3, -0.25) is 14.4 Å². The molecule has 192 valence electrons. The minimum atomic E-state index is -2.18. The Kier molecular flexibility index (Phi) is 9.04. The van der Waals surface area contributed by atoms with Crippen molar-refractivity contribution in [2.45, 2.75) is 97.2 Å². The number of Topliss-reactive ketones (excluding diaryl/α,β-unsaturated/α-hetero) is 1. The largest absolute Gasteiger partial charge is 0.459 e. The Morgan fingerprint density at radius 3 is 2.41 bits per heavy atom. The summed E-state index contributed by atoms with van der Waals surface area (Å²) < 4.78 is 16.6. The number of hydrogen-bond donors (Lipinski definition) is 2. The Morgan fingerprint density at radius 2 is 1.85 bits per heavy atom. The van der Waals surface area contributed by atoms with Crippen LogP contribution in [0.2, 0.25) is 0 Å². The molecule has 2 unspecified atom stereocenters. The fourth-order valence-electron chi connectivity index (χ4n) is 4.36. The molecule has 1 heterocycles. The summed E-state index contributed by atoms with van der Waals surface area (Å²) in [6.45, 7) is 13.8. The van der Waals surface area contributed by atoms with Crippen molar-refractivity contribution in [2.24, 2.45) is 23.7 Å². The smallest absolute Gasteiger partial charge is 0.334 e. The van der Waals surface area contributed by atoms with Crippen LogP contribution in [-0.4, -0.2) is 63.9 Å². The average molecular weight is 483 g/mol. The molecule has 0 aromatic carbocycles. The van der Waals surface area contributed by atoms with Gasteiger partial charge in [0.25, 0.3) is 0 Å². The van der Waals surface area contributed by atoms with Gasteiger partial charge in [-0.15, -0.1) is 0 Å². The summed E-state index contributed by atoms with van der Waals surface area (Å²) in [5.41, 5.74) is -2.29. The minimum Gasteiger partial charge on any atom is -0.459 e. The molecular formula is C25H38O9. The van der Waals surface area contributed by atoms with Gasteiger partial charge in [0.05, 0.1) is 11.8 Å². The number of ketones is 1. The molecule has 0 aromatic heterocycles. The van der Waals surface area contributed by atoms with Gasteiger partial charge in [-0.1, -0.05) is 41.2 Å². The lowest BCUT2D eigenvalue weighted by Gasteiger charge is -2.41. The highest BCUT2D eigenvalue weighted by atomic mass is 16.6. The Morgan fingerprint density at radius 1 is 1.24 bits per heavy atom. The number of rotatable bonds is 6. The topological polar surface area (TPSA) is 136 Å². The normalized spacial score (nSPS) is 35.4. The summed E-state index contributed by atoms with van der Waals surface area (Å²) >= 11 is 0. The number of hydrogen-bond acceptors (Lipinski definition) is 9. The van der Waals surface area contributed by atoms with Crippen molar-refractivity contribution in [2.75, 3.05) is 0 Å². The Balaban J connectivity index is 2.54. The predicted octanol–water partition coefficient (Wildman–Crippen LogP) is 2.11. The molecule has 0 radical (unpaired) electrons. The summed E-state index contributed by atoms with van der Waals surface area (Å²) in [5, 5.41) is 22.6. The lowest BCUT2D eigenvalue weighted by Crippen LogP contribution is -2.59. The van der Waals surface area contributed by atoms with Crippen molar-refractivity contribution in [3.8, 4) is 0 Å². The molecule has 9 nitrogen and oxygen atoms in total. The molecule has 1 aliphatic heterocycles. The maximum atomic E-state index is 13.1. The van der Waals surface area contributed by atoms with Gasteiger partial charge in [-0.25, -0.2) is 4.79 Å². The highest BCUT2D eigenvalue weighted by Crippen LogP contribution is 2.41. The van der Waals surface area contributed by atoms with Crippen molar-refractivity contribution >= 4 is 23.7 Å². The summed E-state index contributed by atoms with van der Waals surface area (Å²) in [6, 6.07) is 0. The minimum absolute atomic E-state index is 0.0274. The van der Waals surface area contributed by atoms with E-state index < -0.39 is 71.5 Å². The van der Waals surface area contributed by atoms with Gasteiger partial charge in [0.15, 0.2) is 23.6 Å². The van der Waals surface area contributed by atoms with E-state index in [2.05, 4.69) is 6.58 Å². The molecule has 2 aliphatic rings. The third-order valence-electron chi connectivity index (χ3n) is 6.87. The molecule has 1 aliphatic carbocycles. The molecule has 9 heteroatoms. The van der Waals surface area contributed by atoms with E-state index in [0.717, 1.165) is 0 Å². The van der Waals surface area contributed by atoms with Crippen LogP contribution in [0, 0.1) is 23.7 Å². The predicted molar refractivity (Wildman–Crippen MR) is 121 cm³/mol. The van der Waals surface area contributed by atoms with E-state index in [9.17, 15) is 29.4 Å². The summed E-state index contributed by atoms with van der Waals surface area (Å²) in [5.74, 6) is -4.80. The van der Waals surface area contributed by atoms with Gasteiger partial charge >= 0.3 is 17.9 Å². The van der Waals surface area contributed by atoms with Crippen molar-refractivity contribution in [1.29, 1.82) is 0 Å². The van der Waals surface area contributed by atoms with Gasteiger partial charge in [-0.05, 0) is 31.6 Å². The fourth-order valence-corrected chi connectivity index (χ4v) is 4.36. The number of aliphatic hydroxyl groups is 2. The van der Waals surface area contributed by atoms with Gasteiger partial charge in [0.1, 0.15) is 12.2 Å². The number of carbonyl (C=O) groups excluding carboxylic acids is 4. The number of carbonyl (C=O) groups is 4. The van der Waals surface area contributed by atoms with E-state index in [4.69, 9.17) is 14.2 Å². The molecule has 0 spiro atoms. The van der Waals surface area contributed by atoms with Gasteiger partial charge in [-0.2, -0.15) is 0 Å². The number of aliphatic hydroxyl groups excluding tert-OH is 1. The van der Waals surface area contributed by atoms with E-state index in [1.807, 2.05) is 13.8 Å². The number of esters is 3. The second-order valence-corrected chi connectivity index (χ2v) is 10.2. The molecule has 0 aromatic rings. The van der Waals surface area contributed by atoms with Gasteiger partial charge in [0.2, 0.25) is 0 Å². The molecule has 1 saturated heterocycles. The summed E-state index contributed by atoms with van der Waals surface area (Å²) in [4.78, 5) is 50.7. The molecule has 8 atom stereocenters. The Hall–Kier alpha value is -2.26. The molecule has 34 heavy (non-hydrogen) atoms. The lowest BCUT2D eigenvalue weighted by molar-refractivity contribution is -0.199. The third-order valence-corrected chi connectivity index (χ3v) is 6.87. The first-order valence-corrected chi connectivity index (χ1v) is 12.0. The van der Waals surface area contributed by atoms with E-state index in [0.29, 0.717) is 6.42 Å². The lowest BCUT2D eigenvalue weighted by atomic mass is 9.75. The quantitative estimate of drug-likeness (QED) is 0.331. The van der Waals surface area contributed by atoms with Crippen molar-refractivity contribution in [3.63, 3.8) is 0 Å². The summed E-state index contributed by atoms with van der Waals surface area (Å²) in [6.07, 6.45) is -4.82. The van der Waals surface area contributed by atoms with Crippen LogP contribution < -0.4 is 0 Å². The molecule has 2 fully saturated rings. The van der Waals surface area contributed by atoms with E-state index >= 15 is 0 Å². The maximum Gasteiger partial charge on any atom is 0.334 e. The molecule has 2 rings (SSSR count). The van der Waals surface area contributed by atoms with Crippen molar-refractivity contribution in [1.82, 2.24) is 0 Å². The molecule has 0 amide bonds. The van der Waals surface area contributed by atoms with Crippen molar-refractivity contribution in [3.05, 3.63) is 12.2 Å². The first kappa shape index (κ1) is 28.0. The third kappa shape index (κ3) is 5.86. The maximum absolute atomic E-state index is 13.1. The van der Waals surface area contributed by atoms with Gasteiger partial charge in [0, 0.05) is 18.4 Å². The van der Waals surface area contributed by atoms with Crippen LogP contribution in [0.5, 0.6) is 0 Å². The zero-order valence-electron chi connectivity index (χ0n) is 20.9. The average Bonchev–Trinajstić information content (AvgIpc) is 3.04. The molecular weight excluding hydrogens is 444 g/mol. The van der Waals surface area contributed by atoms with Crippen LogP contribution in [0.15, 0.2) is 12.2 Å². The van der Waals surface area contributed by atoms with E-state index in [1.54, 1.807) is 20.8 Å².